The number of hydrogen-bond acceptors (Lipinski definition) is 6. The number of carbonyl (C=O) groups excluding carboxylic acids is 2. The molecule has 0 atom stereocenters. The van der Waals surface area contributed by atoms with E-state index in [1.807, 2.05) is 26.0 Å². The van der Waals surface area contributed by atoms with E-state index >= 15 is 0 Å². The van der Waals surface area contributed by atoms with Gasteiger partial charge in [0.05, 0.1) is 17.7 Å². The van der Waals surface area contributed by atoms with Gasteiger partial charge in [0.2, 0.25) is 5.91 Å². The Bertz CT molecular complexity index is 1220. The van der Waals surface area contributed by atoms with Crippen LogP contribution in [0.3, 0.4) is 0 Å². The fourth-order valence-corrected chi connectivity index (χ4v) is 4.87. The summed E-state index contributed by atoms with van der Waals surface area (Å²) in [5.41, 5.74) is 2.33. The minimum Gasteiger partial charge on any atom is -0.461 e. The highest BCUT2D eigenvalue weighted by molar-refractivity contribution is 7.16. The topological polar surface area (TPSA) is 90.3 Å². The van der Waals surface area contributed by atoms with E-state index in [-0.39, 0.29) is 35.1 Å². The summed E-state index contributed by atoms with van der Waals surface area (Å²) in [5, 5.41) is 10.1. The molecule has 7 nitrogen and oxygen atoms in total. The van der Waals surface area contributed by atoms with Gasteiger partial charge in [-0.2, -0.15) is 9.78 Å². The number of thiophene rings is 1. The summed E-state index contributed by atoms with van der Waals surface area (Å²) in [6, 6.07) is 5.55. The first kappa shape index (κ1) is 21.2. The Kier molecular flexibility index (Phi) is 5.91. The van der Waals surface area contributed by atoms with Crippen LogP contribution in [0.5, 0.6) is 0 Å². The Balaban J connectivity index is 1.88. The van der Waals surface area contributed by atoms with E-state index in [1.54, 1.807) is 18.4 Å². The quantitative estimate of drug-likeness (QED) is 0.596. The molecule has 1 aromatic carbocycles. The molecule has 1 fully saturated rings. The van der Waals surface area contributed by atoms with Gasteiger partial charge in [0.1, 0.15) is 5.00 Å². The highest BCUT2D eigenvalue weighted by Gasteiger charge is 2.26. The summed E-state index contributed by atoms with van der Waals surface area (Å²) in [4.78, 5) is 38.8. The van der Waals surface area contributed by atoms with Gasteiger partial charge < -0.3 is 10.1 Å². The van der Waals surface area contributed by atoms with E-state index in [4.69, 9.17) is 4.74 Å². The molecule has 162 valence electrons. The zero-order chi connectivity index (χ0) is 22.1. The lowest BCUT2D eigenvalue weighted by molar-refractivity contribution is -0.119. The number of ether oxygens (including phenoxy) is 1. The van der Waals surface area contributed by atoms with Crippen LogP contribution in [0, 0.1) is 19.8 Å². The Labute approximate surface area is 184 Å². The second-order valence-electron chi connectivity index (χ2n) is 7.88. The van der Waals surface area contributed by atoms with Gasteiger partial charge in [-0.3, -0.25) is 9.59 Å². The van der Waals surface area contributed by atoms with Crippen LogP contribution >= 0.6 is 11.3 Å². The fourth-order valence-electron chi connectivity index (χ4n) is 3.93. The number of esters is 1. The number of aryl methyl sites for hydroxylation is 2. The minimum atomic E-state index is -0.600. The highest BCUT2D eigenvalue weighted by Crippen LogP contribution is 2.33. The molecule has 1 aliphatic rings. The molecule has 2 heterocycles. The first-order chi connectivity index (χ1) is 14.9. The lowest BCUT2D eigenvalue weighted by Crippen LogP contribution is -2.26. The van der Waals surface area contributed by atoms with Gasteiger partial charge in [0, 0.05) is 16.7 Å². The Morgan fingerprint density at radius 2 is 1.97 bits per heavy atom. The van der Waals surface area contributed by atoms with Crippen molar-refractivity contribution >= 4 is 39.0 Å². The Hall–Kier alpha value is -3.00. The van der Waals surface area contributed by atoms with Gasteiger partial charge >= 0.3 is 5.97 Å². The van der Waals surface area contributed by atoms with Crippen LogP contribution < -0.4 is 10.9 Å². The molecule has 2 aromatic heterocycles. The maximum atomic E-state index is 13.4. The summed E-state index contributed by atoms with van der Waals surface area (Å²) in [7, 11) is 0. The zero-order valence-electron chi connectivity index (χ0n) is 17.9. The summed E-state index contributed by atoms with van der Waals surface area (Å²) in [6.45, 7) is 5.85. The van der Waals surface area contributed by atoms with E-state index in [1.165, 1.54) is 16.0 Å². The number of hydrogen-bond donors (Lipinski definition) is 1. The van der Waals surface area contributed by atoms with Crippen molar-refractivity contribution in [3.05, 3.63) is 50.8 Å². The molecule has 0 spiro atoms. The Morgan fingerprint density at radius 3 is 2.65 bits per heavy atom. The van der Waals surface area contributed by atoms with Gasteiger partial charge in [0.15, 0.2) is 5.69 Å². The molecule has 0 aliphatic heterocycles. The van der Waals surface area contributed by atoms with Gasteiger partial charge in [-0.1, -0.05) is 18.9 Å². The lowest BCUT2D eigenvalue weighted by Gasteiger charge is -2.12. The summed E-state index contributed by atoms with van der Waals surface area (Å²) in [5.74, 6) is -0.713. The number of rotatable bonds is 5. The van der Waals surface area contributed by atoms with E-state index in [0.717, 1.165) is 36.8 Å². The minimum absolute atomic E-state index is 0.0366. The van der Waals surface area contributed by atoms with Crippen molar-refractivity contribution in [2.75, 3.05) is 11.9 Å². The third-order valence-corrected chi connectivity index (χ3v) is 6.71. The van der Waals surface area contributed by atoms with E-state index < -0.39 is 5.97 Å². The standard InChI is InChI=1S/C23H25N3O4S/c1-4-30-23(29)19-17-12-31-21(24-20(27)15-7-5-6-8-15)18(17)22(28)26(25-19)16-10-9-13(2)14(3)11-16/h9-12,15H,4-8H2,1-3H3,(H,24,27). The van der Waals surface area contributed by atoms with Crippen LogP contribution in [-0.2, 0) is 9.53 Å². The second kappa shape index (κ2) is 8.63. The largest absolute Gasteiger partial charge is 0.461 e. The van der Waals surface area contributed by atoms with E-state index in [9.17, 15) is 14.4 Å². The number of fused-ring (bicyclic) bond motifs is 1. The molecule has 0 radical (unpaired) electrons. The first-order valence-electron chi connectivity index (χ1n) is 10.5. The number of aromatic nitrogens is 2. The normalized spacial score (nSPS) is 14.2. The smallest absolute Gasteiger partial charge is 0.359 e. The van der Waals surface area contributed by atoms with Crippen molar-refractivity contribution in [1.82, 2.24) is 9.78 Å². The van der Waals surface area contributed by atoms with Crippen LogP contribution in [0.15, 0.2) is 28.4 Å². The average molecular weight is 440 g/mol. The number of amides is 1. The summed E-state index contributed by atoms with van der Waals surface area (Å²) >= 11 is 1.23. The fraction of sp³-hybridized carbons (Fsp3) is 0.391. The summed E-state index contributed by atoms with van der Waals surface area (Å²) in [6.07, 6.45) is 3.80. The monoisotopic (exact) mass is 439 g/mol. The molecule has 1 amide bonds. The molecule has 1 N–H and O–H groups in total. The van der Waals surface area contributed by atoms with Crippen LogP contribution in [0.2, 0.25) is 0 Å². The van der Waals surface area contributed by atoms with Gasteiger partial charge in [-0.15, -0.1) is 11.3 Å². The molecular formula is C23H25N3O4S. The van der Waals surface area contributed by atoms with Gasteiger partial charge in [0.25, 0.3) is 5.56 Å². The van der Waals surface area contributed by atoms with Crippen LogP contribution in [0.1, 0.15) is 54.2 Å². The molecule has 1 saturated carbocycles. The molecule has 0 bridgehead atoms. The molecule has 31 heavy (non-hydrogen) atoms. The molecular weight excluding hydrogens is 414 g/mol. The van der Waals surface area contributed by atoms with Gasteiger partial charge in [-0.05, 0) is 56.9 Å². The number of nitrogens with one attached hydrogen (secondary N) is 1. The Morgan fingerprint density at radius 1 is 1.23 bits per heavy atom. The zero-order valence-corrected chi connectivity index (χ0v) is 18.7. The lowest BCUT2D eigenvalue weighted by atomic mass is 10.1. The third-order valence-electron chi connectivity index (χ3n) is 5.82. The SMILES string of the molecule is CCOC(=O)c1nn(-c2ccc(C)c(C)c2)c(=O)c2c(NC(=O)C3CCCC3)scc12. The van der Waals surface area contributed by atoms with Crippen molar-refractivity contribution < 1.29 is 14.3 Å². The van der Waals surface area contributed by atoms with Crippen molar-refractivity contribution in [3.63, 3.8) is 0 Å². The average Bonchev–Trinajstić information content (AvgIpc) is 3.41. The van der Waals surface area contributed by atoms with Crippen molar-refractivity contribution in [3.8, 4) is 5.69 Å². The van der Waals surface area contributed by atoms with Crippen LogP contribution in [0.4, 0.5) is 5.00 Å². The molecule has 3 aromatic rings. The molecule has 8 heteroatoms. The van der Waals surface area contributed by atoms with Crippen molar-refractivity contribution in [1.29, 1.82) is 0 Å². The predicted molar refractivity (Wildman–Crippen MR) is 121 cm³/mol. The van der Waals surface area contributed by atoms with E-state index in [2.05, 4.69) is 10.4 Å². The second-order valence-corrected chi connectivity index (χ2v) is 8.76. The van der Waals surface area contributed by atoms with Crippen molar-refractivity contribution in [2.45, 2.75) is 46.5 Å². The molecule has 1 aliphatic carbocycles. The summed E-state index contributed by atoms with van der Waals surface area (Å²) < 4.78 is 6.40. The predicted octanol–water partition coefficient (Wildman–Crippen LogP) is 4.37. The maximum Gasteiger partial charge on any atom is 0.359 e. The number of benzene rings is 1. The first-order valence-corrected chi connectivity index (χ1v) is 11.4. The molecule has 0 unspecified atom stereocenters. The molecule has 0 saturated heterocycles. The van der Waals surface area contributed by atoms with Crippen LogP contribution in [-0.4, -0.2) is 28.3 Å². The number of nitrogens with zero attached hydrogens (tertiary/aromatic N) is 2. The highest BCUT2D eigenvalue weighted by atomic mass is 32.1. The molecule has 4 rings (SSSR count). The number of anilines is 1. The van der Waals surface area contributed by atoms with Crippen LogP contribution in [0.25, 0.3) is 16.5 Å². The third kappa shape index (κ3) is 3.99. The van der Waals surface area contributed by atoms with Crippen molar-refractivity contribution in [2.24, 2.45) is 5.92 Å². The van der Waals surface area contributed by atoms with E-state index in [0.29, 0.717) is 16.1 Å². The maximum absolute atomic E-state index is 13.4. The number of carbonyl (C=O) groups is 2. The van der Waals surface area contributed by atoms with Gasteiger partial charge in [-0.25, -0.2) is 4.79 Å².